The zero-order chi connectivity index (χ0) is 9.56. The Balaban J connectivity index is 0.000000561. The number of rotatable bonds is 1. The molecule has 0 aliphatic rings. The summed E-state index contributed by atoms with van der Waals surface area (Å²) in [6.07, 6.45) is 0. The van der Waals surface area contributed by atoms with Crippen molar-refractivity contribution in [3.8, 4) is 0 Å². The van der Waals surface area contributed by atoms with Crippen LogP contribution in [-0.2, 0) is 0 Å². The summed E-state index contributed by atoms with van der Waals surface area (Å²) >= 11 is 5.58. The van der Waals surface area contributed by atoms with Gasteiger partial charge >= 0.3 is 0 Å². The van der Waals surface area contributed by atoms with Gasteiger partial charge in [-0.1, -0.05) is 25.4 Å². The van der Waals surface area contributed by atoms with Crippen LogP contribution in [0.1, 0.15) is 19.5 Å². The predicted molar refractivity (Wildman–Crippen MR) is 52.7 cm³/mol. The van der Waals surface area contributed by atoms with Crippen molar-refractivity contribution >= 4 is 17.3 Å². The molecule has 0 fully saturated rings. The molecule has 12 heavy (non-hydrogen) atoms. The Morgan fingerprint density at radius 2 is 1.92 bits per heavy atom. The van der Waals surface area contributed by atoms with E-state index in [0.717, 1.165) is 11.4 Å². The molecule has 1 aromatic heterocycles. The lowest BCUT2D eigenvalue weighted by atomic mass is 10.3. The third-order valence-electron chi connectivity index (χ3n) is 1.22. The van der Waals surface area contributed by atoms with E-state index in [1.807, 2.05) is 27.8 Å². The van der Waals surface area contributed by atoms with Gasteiger partial charge in [-0.05, 0) is 6.92 Å². The summed E-state index contributed by atoms with van der Waals surface area (Å²) in [5.74, 6) is 0. The van der Waals surface area contributed by atoms with E-state index in [1.54, 1.807) is 6.07 Å². The maximum Gasteiger partial charge on any atom is 0.153 e. The smallest absolute Gasteiger partial charge is 0.153 e. The summed E-state index contributed by atoms with van der Waals surface area (Å²) in [4.78, 5) is 0. The van der Waals surface area contributed by atoms with Crippen LogP contribution in [0.4, 0.5) is 5.69 Å². The fourth-order valence-corrected chi connectivity index (χ4v) is 0.829. The molecule has 0 amide bonds. The lowest BCUT2D eigenvalue weighted by Crippen LogP contribution is -1.95. The number of hydrogen-bond acceptors (Lipinski definition) is 3. The van der Waals surface area contributed by atoms with Crippen molar-refractivity contribution in [2.24, 2.45) is 0 Å². The molecule has 0 unspecified atom stereocenters. The summed E-state index contributed by atoms with van der Waals surface area (Å²) in [6.45, 7) is 5.87. The first-order chi connectivity index (χ1) is 5.74. The van der Waals surface area contributed by atoms with Gasteiger partial charge in [0.1, 0.15) is 0 Å². The molecular formula is C8H14ClN3. The van der Waals surface area contributed by atoms with E-state index in [0.29, 0.717) is 5.15 Å². The molecule has 0 atom stereocenters. The maximum absolute atomic E-state index is 5.58. The predicted octanol–water partition coefficient (Wildman–Crippen LogP) is 2.51. The van der Waals surface area contributed by atoms with Gasteiger partial charge in [0.2, 0.25) is 0 Å². The van der Waals surface area contributed by atoms with Crippen molar-refractivity contribution in [1.29, 1.82) is 0 Å². The Labute approximate surface area is 78.2 Å². The largest absolute Gasteiger partial charge is 0.387 e. The minimum Gasteiger partial charge on any atom is -0.387 e. The van der Waals surface area contributed by atoms with Crippen LogP contribution in [0.5, 0.6) is 0 Å². The van der Waals surface area contributed by atoms with Gasteiger partial charge in [0.05, 0.1) is 11.4 Å². The number of halogens is 1. The lowest BCUT2D eigenvalue weighted by molar-refractivity contribution is 0.982. The van der Waals surface area contributed by atoms with Gasteiger partial charge in [0.25, 0.3) is 0 Å². The van der Waals surface area contributed by atoms with E-state index in [4.69, 9.17) is 11.6 Å². The zero-order valence-corrected chi connectivity index (χ0v) is 8.61. The summed E-state index contributed by atoms with van der Waals surface area (Å²) < 4.78 is 0. The number of hydrogen-bond donors (Lipinski definition) is 1. The average Bonchev–Trinajstić information content (AvgIpc) is 2.13. The van der Waals surface area contributed by atoms with Gasteiger partial charge in [-0.25, -0.2) is 0 Å². The highest BCUT2D eigenvalue weighted by molar-refractivity contribution is 6.29. The Hall–Kier alpha value is -0.830. The average molecular weight is 188 g/mol. The second-order valence-electron chi connectivity index (χ2n) is 1.92. The highest BCUT2D eigenvalue weighted by Gasteiger charge is 1.97. The molecule has 0 aliphatic heterocycles. The number of anilines is 1. The standard InChI is InChI=1S/C6H8ClN3.C2H6/c1-4-5(8-2)3-6(7)10-9-4;1-2/h3H,1-2H3,(H,8,10);1-2H3. The molecule has 0 radical (unpaired) electrons. The molecule has 1 aromatic rings. The maximum atomic E-state index is 5.58. The number of nitrogens with one attached hydrogen (secondary N) is 1. The molecule has 68 valence electrons. The number of aryl methyl sites for hydroxylation is 1. The van der Waals surface area contributed by atoms with Crippen LogP contribution < -0.4 is 5.32 Å². The van der Waals surface area contributed by atoms with Crippen LogP contribution in [0.15, 0.2) is 6.07 Å². The summed E-state index contributed by atoms with van der Waals surface area (Å²) in [5.41, 5.74) is 1.77. The van der Waals surface area contributed by atoms with Crippen molar-refractivity contribution in [3.63, 3.8) is 0 Å². The van der Waals surface area contributed by atoms with Crippen molar-refractivity contribution in [2.45, 2.75) is 20.8 Å². The van der Waals surface area contributed by atoms with Gasteiger partial charge in [-0.3, -0.25) is 0 Å². The van der Waals surface area contributed by atoms with E-state index in [2.05, 4.69) is 15.5 Å². The highest BCUT2D eigenvalue weighted by atomic mass is 35.5. The quantitative estimate of drug-likeness (QED) is 0.734. The number of aromatic nitrogens is 2. The molecule has 0 aromatic carbocycles. The molecule has 3 nitrogen and oxygen atoms in total. The van der Waals surface area contributed by atoms with Gasteiger partial charge in [0.15, 0.2) is 5.15 Å². The Morgan fingerprint density at radius 1 is 1.33 bits per heavy atom. The van der Waals surface area contributed by atoms with E-state index >= 15 is 0 Å². The zero-order valence-electron chi connectivity index (χ0n) is 7.85. The van der Waals surface area contributed by atoms with Crippen molar-refractivity contribution in [3.05, 3.63) is 16.9 Å². The molecule has 1 heterocycles. The van der Waals surface area contributed by atoms with E-state index in [-0.39, 0.29) is 0 Å². The van der Waals surface area contributed by atoms with E-state index < -0.39 is 0 Å². The molecule has 0 saturated heterocycles. The third-order valence-corrected chi connectivity index (χ3v) is 1.40. The van der Waals surface area contributed by atoms with E-state index in [9.17, 15) is 0 Å². The lowest BCUT2D eigenvalue weighted by Gasteiger charge is -2.01. The SMILES string of the molecule is CC.CNc1cc(Cl)nnc1C. The topological polar surface area (TPSA) is 37.8 Å². The Kier molecular flexibility index (Phi) is 5.37. The van der Waals surface area contributed by atoms with Crippen LogP contribution >= 0.6 is 11.6 Å². The minimum absolute atomic E-state index is 0.412. The minimum atomic E-state index is 0.412. The second kappa shape index (κ2) is 5.77. The van der Waals surface area contributed by atoms with Crippen LogP contribution in [0.3, 0.4) is 0 Å². The summed E-state index contributed by atoms with van der Waals surface area (Å²) in [5, 5.41) is 10.8. The van der Waals surface area contributed by atoms with Gasteiger partial charge in [0, 0.05) is 13.1 Å². The van der Waals surface area contributed by atoms with Gasteiger partial charge < -0.3 is 5.32 Å². The van der Waals surface area contributed by atoms with Crippen LogP contribution in [0.2, 0.25) is 5.15 Å². The Morgan fingerprint density at radius 3 is 2.33 bits per heavy atom. The summed E-state index contributed by atoms with van der Waals surface area (Å²) in [7, 11) is 1.82. The van der Waals surface area contributed by atoms with Crippen molar-refractivity contribution in [2.75, 3.05) is 12.4 Å². The summed E-state index contributed by atoms with van der Waals surface area (Å²) in [6, 6.07) is 1.74. The molecule has 0 bridgehead atoms. The molecule has 0 saturated carbocycles. The normalized spacial score (nSPS) is 8.42. The van der Waals surface area contributed by atoms with Crippen molar-refractivity contribution in [1.82, 2.24) is 10.2 Å². The van der Waals surface area contributed by atoms with Crippen LogP contribution in [-0.4, -0.2) is 17.2 Å². The first-order valence-corrected chi connectivity index (χ1v) is 4.29. The Bertz CT molecular complexity index is 238. The first kappa shape index (κ1) is 11.2. The van der Waals surface area contributed by atoms with Crippen LogP contribution in [0.25, 0.3) is 0 Å². The molecule has 1 N–H and O–H groups in total. The fourth-order valence-electron chi connectivity index (χ4n) is 0.682. The van der Waals surface area contributed by atoms with Crippen LogP contribution in [0, 0.1) is 6.92 Å². The van der Waals surface area contributed by atoms with Gasteiger partial charge in [-0.2, -0.15) is 5.10 Å². The fraction of sp³-hybridized carbons (Fsp3) is 0.500. The molecule has 0 spiro atoms. The second-order valence-corrected chi connectivity index (χ2v) is 2.30. The molecular weight excluding hydrogens is 174 g/mol. The highest BCUT2D eigenvalue weighted by Crippen LogP contribution is 2.13. The first-order valence-electron chi connectivity index (χ1n) is 3.91. The van der Waals surface area contributed by atoms with E-state index in [1.165, 1.54) is 0 Å². The third kappa shape index (κ3) is 3.05. The number of nitrogens with zero attached hydrogens (tertiary/aromatic N) is 2. The monoisotopic (exact) mass is 187 g/mol. The molecule has 4 heteroatoms. The molecule has 0 aliphatic carbocycles. The van der Waals surface area contributed by atoms with Crippen molar-refractivity contribution < 1.29 is 0 Å². The van der Waals surface area contributed by atoms with Gasteiger partial charge in [-0.15, -0.1) is 5.10 Å². The molecule has 1 rings (SSSR count).